The molecule has 1 aromatic heterocycles. The van der Waals surface area contributed by atoms with E-state index in [1.807, 2.05) is 37.2 Å². The summed E-state index contributed by atoms with van der Waals surface area (Å²) in [6, 6.07) is 5.92. The van der Waals surface area contributed by atoms with Crippen LogP contribution in [0, 0.1) is 0 Å². The SMILES string of the molecule is CN(C)c1ccc2c(Cl)ncnc2c1. The van der Waals surface area contributed by atoms with Gasteiger partial charge in [-0.1, -0.05) is 11.6 Å². The van der Waals surface area contributed by atoms with E-state index >= 15 is 0 Å². The van der Waals surface area contributed by atoms with Crippen LogP contribution in [0.4, 0.5) is 5.69 Å². The lowest BCUT2D eigenvalue weighted by molar-refractivity contribution is 1.13. The van der Waals surface area contributed by atoms with Crippen molar-refractivity contribution >= 4 is 28.2 Å². The number of aromatic nitrogens is 2. The van der Waals surface area contributed by atoms with Crippen molar-refractivity contribution in [2.75, 3.05) is 19.0 Å². The third-order valence-corrected chi connectivity index (χ3v) is 2.39. The molecule has 0 saturated heterocycles. The molecule has 0 atom stereocenters. The maximum absolute atomic E-state index is 5.92. The van der Waals surface area contributed by atoms with E-state index in [1.54, 1.807) is 0 Å². The molecule has 0 radical (unpaired) electrons. The zero-order chi connectivity index (χ0) is 10.1. The molecule has 0 unspecified atom stereocenters. The van der Waals surface area contributed by atoms with Gasteiger partial charge in [-0.2, -0.15) is 0 Å². The lowest BCUT2D eigenvalue weighted by atomic mass is 10.2. The molecule has 0 fully saturated rings. The zero-order valence-corrected chi connectivity index (χ0v) is 8.78. The van der Waals surface area contributed by atoms with Crippen LogP contribution in [-0.4, -0.2) is 24.1 Å². The summed E-state index contributed by atoms with van der Waals surface area (Å²) in [5.41, 5.74) is 1.98. The van der Waals surface area contributed by atoms with E-state index in [0.717, 1.165) is 16.6 Å². The minimum atomic E-state index is 0.500. The Hall–Kier alpha value is -1.35. The maximum Gasteiger partial charge on any atom is 0.140 e. The van der Waals surface area contributed by atoms with Crippen molar-refractivity contribution in [3.05, 3.63) is 29.7 Å². The number of fused-ring (bicyclic) bond motifs is 1. The summed E-state index contributed by atoms with van der Waals surface area (Å²) in [6.07, 6.45) is 1.48. The topological polar surface area (TPSA) is 29.0 Å². The molecule has 72 valence electrons. The Morgan fingerprint density at radius 3 is 2.71 bits per heavy atom. The number of anilines is 1. The number of rotatable bonds is 1. The van der Waals surface area contributed by atoms with E-state index < -0.39 is 0 Å². The molecule has 0 N–H and O–H groups in total. The second-order valence-corrected chi connectivity index (χ2v) is 3.62. The number of hydrogen-bond donors (Lipinski definition) is 0. The minimum Gasteiger partial charge on any atom is -0.378 e. The molecular weight excluding hydrogens is 198 g/mol. The van der Waals surface area contributed by atoms with E-state index in [2.05, 4.69) is 9.97 Å². The molecule has 1 heterocycles. The second-order valence-electron chi connectivity index (χ2n) is 3.26. The van der Waals surface area contributed by atoms with Gasteiger partial charge in [0.1, 0.15) is 11.5 Å². The van der Waals surface area contributed by atoms with E-state index in [1.165, 1.54) is 6.33 Å². The lowest BCUT2D eigenvalue weighted by Crippen LogP contribution is -2.08. The van der Waals surface area contributed by atoms with Crippen LogP contribution < -0.4 is 4.90 Å². The number of benzene rings is 1. The van der Waals surface area contributed by atoms with Crippen LogP contribution in [0.5, 0.6) is 0 Å². The maximum atomic E-state index is 5.92. The van der Waals surface area contributed by atoms with Crippen molar-refractivity contribution in [1.82, 2.24) is 9.97 Å². The van der Waals surface area contributed by atoms with Gasteiger partial charge in [0, 0.05) is 25.2 Å². The van der Waals surface area contributed by atoms with Crippen LogP contribution in [-0.2, 0) is 0 Å². The third-order valence-electron chi connectivity index (χ3n) is 2.09. The van der Waals surface area contributed by atoms with Gasteiger partial charge in [0.05, 0.1) is 5.52 Å². The van der Waals surface area contributed by atoms with E-state index in [-0.39, 0.29) is 0 Å². The summed E-state index contributed by atoms with van der Waals surface area (Å²) in [7, 11) is 3.98. The summed E-state index contributed by atoms with van der Waals surface area (Å²) >= 11 is 5.92. The highest BCUT2D eigenvalue weighted by atomic mass is 35.5. The quantitative estimate of drug-likeness (QED) is 0.673. The third kappa shape index (κ3) is 1.51. The molecule has 0 bridgehead atoms. The second kappa shape index (κ2) is 3.42. The van der Waals surface area contributed by atoms with Crippen molar-refractivity contribution < 1.29 is 0 Å². The van der Waals surface area contributed by atoms with Gasteiger partial charge in [0.2, 0.25) is 0 Å². The first-order chi connectivity index (χ1) is 6.68. The Morgan fingerprint density at radius 1 is 1.21 bits per heavy atom. The molecular formula is C10H10ClN3. The van der Waals surface area contributed by atoms with Crippen molar-refractivity contribution in [2.45, 2.75) is 0 Å². The summed E-state index contributed by atoms with van der Waals surface area (Å²) in [4.78, 5) is 10.1. The summed E-state index contributed by atoms with van der Waals surface area (Å²) in [5.74, 6) is 0. The highest BCUT2D eigenvalue weighted by Crippen LogP contribution is 2.23. The first-order valence-corrected chi connectivity index (χ1v) is 4.64. The first kappa shape index (κ1) is 9.21. The summed E-state index contributed by atoms with van der Waals surface area (Å²) in [6.45, 7) is 0. The molecule has 2 rings (SSSR count). The largest absolute Gasteiger partial charge is 0.378 e. The summed E-state index contributed by atoms with van der Waals surface area (Å²) in [5, 5.41) is 1.39. The lowest BCUT2D eigenvalue weighted by Gasteiger charge is -2.12. The van der Waals surface area contributed by atoms with Gasteiger partial charge in [-0.15, -0.1) is 0 Å². The number of hydrogen-bond acceptors (Lipinski definition) is 3. The van der Waals surface area contributed by atoms with Gasteiger partial charge in [0.15, 0.2) is 0 Å². The highest BCUT2D eigenvalue weighted by Gasteiger charge is 2.02. The van der Waals surface area contributed by atoms with Gasteiger partial charge in [-0.05, 0) is 18.2 Å². The summed E-state index contributed by atoms with van der Waals surface area (Å²) < 4.78 is 0. The molecule has 0 aliphatic carbocycles. The molecule has 4 heteroatoms. The van der Waals surface area contributed by atoms with E-state index in [4.69, 9.17) is 11.6 Å². The monoisotopic (exact) mass is 207 g/mol. The van der Waals surface area contributed by atoms with Gasteiger partial charge in [0.25, 0.3) is 0 Å². The molecule has 1 aromatic carbocycles. The van der Waals surface area contributed by atoms with Crippen LogP contribution >= 0.6 is 11.6 Å². The van der Waals surface area contributed by atoms with Gasteiger partial charge in [-0.25, -0.2) is 9.97 Å². The van der Waals surface area contributed by atoms with Gasteiger partial charge in [-0.3, -0.25) is 0 Å². The highest BCUT2D eigenvalue weighted by molar-refractivity contribution is 6.34. The predicted molar refractivity (Wildman–Crippen MR) is 58.9 cm³/mol. The van der Waals surface area contributed by atoms with Crippen LogP contribution in [0.15, 0.2) is 24.5 Å². The molecule has 0 saturated carbocycles. The molecule has 2 aromatic rings. The average molecular weight is 208 g/mol. The molecule has 0 amide bonds. The van der Waals surface area contributed by atoms with Crippen molar-refractivity contribution in [3.63, 3.8) is 0 Å². The van der Waals surface area contributed by atoms with E-state index in [9.17, 15) is 0 Å². The Bertz CT molecular complexity index is 468. The number of nitrogens with zero attached hydrogens (tertiary/aromatic N) is 3. The fourth-order valence-corrected chi connectivity index (χ4v) is 1.49. The molecule has 14 heavy (non-hydrogen) atoms. The zero-order valence-electron chi connectivity index (χ0n) is 8.03. The molecule has 0 aliphatic rings. The Morgan fingerprint density at radius 2 is 2.00 bits per heavy atom. The Labute approximate surface area is 87.3 Å². The fraction of sp³-hybridized carbons (Fsp3) is 0.200. The van der Waals surface area contributed by atoms with Crippen LogP contribution in [0.25, 0.3) is 10.9 Å². The van der Waals surface area contributed by atoms with Crippen LogP contribution in [0.1, 0.15) is 0 Å². The first-order valence-electron chi connectivity index (χ1n) is 4.26. The van der Waals surface area contributed by atoms with Crippen molar-refractivity contribution in [1.29, 1.82) is 0 Å². The average Bonchev–Trinajstić information content (AvgIpc) is 2.17. The van der Waals surface area contributed by atoms with Gasteiger partial charge >= 0.3 is 0 Å². The standard InChI is InChI=1S/C10H10ClN3/c1-14(2)7-3-4-8-9(5-7)12-6-13-10(8)11/h3-6H,1-2H3. The molecule has 0 spiro atoms. The Kier molecular flexibility index (Phi) is 2.25. The van der Waals surface area contributed by atoms with Crippen molar-refractivity contribution in [2.24, 2.45) is 0 Å². The number of halogens is 1. The predicted octanol–water partition coefficient (Wildman–Crippen LogP) is 2.35. The Balaban J connectivity index is 2.67. The smallest absolute Gasteiger partial charge is 0.140 e. The fourth-order valence-electron chi connectivity index (χ4n) is 1.29. The van der Waals surface area contributed by atoms with Gasteiger partial charge < -0.3 is 4.90 Å². The van der Waals surface area contributed by atoms with Crippen LogP contribution in [0.3, 0.4) is 0 Å². The normalized spacial score (nSPS) is 10.5. The molecule has 0 aliphatic heterocycles. The van der Waals surface area contributed by atoms with Crippen LogP contribution in [0.2, 0.25) is 5.15 Å². The molecule has 3 nitrogen and oxygen atoms in total. The minimum absolute atomic E-state index is 0.500. The van der Waals surface area contributed by atoms with E-state index in [0.29, 0.717) is 5.15 Å². The van der Waals surface area contributed by atoms with Crippen molar-refractivity contribution in [3.8, 4) is 0 Å².